The Morgan fingerprint density at radius 3 is 2.50 bits per heavy atom. The van der Waals surface area contributed by atoms with Gasteiger partial charge >= 0.3 is 0 Å². The van der Waals surface area contributed by atoms with Gasteiger partial charge in [0.2, 0.25) is 5.13 Å². The first-order valence-electron chi connectivity index (χ1n) is 8.56. The summed E-state index contributed by atoms with van der Waals surface area (Å²) in [6, 6.07) is 8.94. The number of nitrogens with zero attached hydrogens (tertiary/aromatic N) is 3. The molecule has 2 N–H and O–H groups in total. The number of pyridine rings is 1. The summed E-state index contributed by atoms with van der Waals surface area (Å²) in [4.78, 5) is 28.9. The topological polar surface area (TPSA) is 106 Å². The van der Waals surface area contributed by atoms with Crippen LogP contribution in [0.1, 0.15) is 33.3 Å². The van der Waals surface area contributed by atoms with Crippen LogP contribution in [0.2, 0.25) is 0 Å². The Labute approximate surface area is 166 Å². The molecule has 0 radical (unpaired) electrons. The molecule has 2 aromatic heterocycles. The second-order valence-electron chi connectivity index (χ2n) is 5.76. The number of ether oxygens (including phenoxy) is 1. The van der Waals surface area contributed by atoms with E-state index >= 15 is 0 Å². The second-order valence-corrected chi connectivity index (χ2v) is 6.70. The normalized spacial score (nSPS) is 10.4. The van der Waals surface area contributed by atoms with Crippen LogP contribution in [0.5, 0.6) is 5.19 Å². The van der Waals surface area contributed by atoms with E-state index in [1.807, 2.05) is 25.1 Å². The fourth-order valence-corrected chi connectivity index (χ4v) is 3.12. The molecule has 0 spiro atoms. The number of aryl methyl sites for hydroxylation is 1. The lowest BCUT2D eigenvalue weighted by molar-refractivity contribution is 0.0962. The number of carbonyl (C=O) groups is 2. The maximum absolute atomic E-state index is 12.8. The molecular weight excluding hydrogens is 378 g/mol. The highest BCUT2D eigenvalue weighted by Gasteiger charge is 2.17. The van der Waals surface area contributed by atoms with Crippen LogP contribution >= 0.6 is 11.3 Å². The minimum absolute atomic E-state index is 0.168. The zero-order chi connectivity index (χ0) is 20.1. The first kappa shape index (κ1) is 19.4. The Morgan fingerprint density at radius 1 is 1.14 bits per heavy atom. The van der Waals surface area contributed by atoms with Gasteiger partial charge in [-0.1, -0.05) is 24.2 Å². The number of hydrogen-bond acceptors (Lipinski definition) is 7. The van der Waals surface area contributed by atoms with Crippen LogP contribution in [0.15, 0.2) is 36.5 Å². The van der Waals surface area contributed by atoms with Gasteiger partial charge in [-0.15, -0.1) is 5.10 Å². The molecular formula is C19H19N5O3S. The molecule has 28 heavy (non-hydrogen) atoms. The lowest BCUT2D eigenvalue weighted by Gasteiger charge is -2.11. The van der Waals surface area contributed by atoms with E-state index in [2.05, 4.69) is 25.8 Å². The van der Waals surface area contributed by atoms with Crippen molar-refractivity contribution < 1.29 is 14.3 Å². The third-order valence-corrected chi connectivity index (χ3v) is 4.85. The minimum atomic E-state index is -0.348. The molecule has 0 saturated carbocycles. The van der Waals surface area contributed by atoms with Gasteiger partial charge in [-0.2, -0.15) is 0 Å². The van der Waals surface area contributed by atoms with Crippen LogP contribution in [0.4, 0.5) is 5.13 Å². The van der Waals surface area contributed by atoms with E-state index in [0.29, 0.717) is 21.5 Å². The number of aromatic nitrogens is 3. The summed E-state index contributed by atoms with van der Waals surface area (Å²) >= 11 is 1.13. The predicted molar refractivity (Wildman–Crippen MR) is 107 cm³/mol. The molecule has 0 unspecified atom stereocenters. The molecule has 2 heterocycles. The van der Waals surface area contributed by atoms with Gasteiger partial charge in [-0.05, 0) is 47.1 Å². The number of methoxy groups -OCH3 is 1. The van der Waals surface area contributed by atoms with Crippen molar-refractivity contribution in [3.05, 3.63) is 53.3 Å². The van der Waals surface area contributed by atoms with E-state index in [4.69, 9.17) is 4.74 Å². The van der Waals surface area contributed by atoms with Crippen molar-refractivity contribution in [2.75, 3.05) is 19.5 Å². The Bertz CT molecular complexity index is 1000. The zero-order valence-corrected chi connectivity index (χ0v) is 16.5. The van der Waals surface area contributed by atoms with Gasteiger partial charge in [0.15, 0.2) is 0 Å². The van der Waals surface area contributed by atoms with Crippen molar-refractivity contribution >= 4 is 28.3 Å². The van der Waals surface area contributed by atoms with Gasteiger partial charge in [-0.25, -0.2) is 0 Å². The van der Waals surface area contributed by atoms with E-state index in [9.17, 15) is 9.59 Å². The summed E-state index contributed by atoms with van der Waals surface area (Å²) in [5, 5.41) is 13.7. The molecule has 3 rings (SSSR count). The lowest BCUT2D eigenvalue weighted by Crippen LogP contribution is -2.17. The molecule has 0 bridgehead atoms. The summed E-state index contributed by atoms with van der Waals surface area (Å²) in [5.41, 5.74) is 3.34. The molecule has 0 saturated heterocycles. The number of nitrogens with one attached hydrogen (secondary N) is 2. The standard InChI is InChI=1S/C19H19N5O3S/c1-4-13-9-14(11-5-7-12(8-6-11)16(25)20-2)15(10-21-13)17(26)22-18-23-24-19(27-3)28-18/h5-10H,4H2,1-3H3,(H,20,25)(H,22,23,26). The quantitative estimate of drug-likeness (QED) is 0.662. The van der Waals surface area contributed by atoms with Crippen LogP contribution < -0.4 is 15.4 Å². The molecule has 0 aliphatic heterocycles. The maximum Gasteiger partial charge on any atom is 0.295 e. The first-order chi connectivity index (χ1) is 13.5. The number of hydrogen-bond donors (Lipinski definition) is 2. The summed E-state index contributed by atoms with van der Waals surface area (Å²) in [6.07, 6.45) is 2.28. The smallest absolute Gasteiger partial charge is 0.295 e. The van der Waals surface area contributed by atoms with Crippen molar-refractivity contribution in [3.63, 3.8) is 0 Å². The number of carbonyl (C=O) groups excluding carboxylic acids is 2. The average Bonchev–Trinajstić information content (AvgIpc) is 3.20. The van der Waals surface area contributed by atoms with E-state index in [0.717, 1.165) is 34.6 Å². The summed E-state index contributed by atoms with van der Waals surface area (Å²) in [5.74, 6) is -0.516. The molecule has 8 nitrogen and oxygen atoms in total. The van der Waals surface area contributed by atoms with Crippen molar-refractivity contribution in [1.29, 1.82) is 0 Å². The molecule has 3 aromatic rings. The Kier molecular flexibility index (Phi) is 5.95. The molecule has 0 atom stereocenters. The highest BCUT2D eigenvalue weighted by Crippen LogP contribution is 2.27. The molecule has 2 amide bonds. The van der Waals surface area contributed by atoms with Crippen molar-refractivity contribution in [2.24, 2.45) is 0 Å². The molecule has 144 valence electrons. The van der Waals surface area contributed by atoms with Gasteiger partial charge < -0.3 is 10.1 Å². The van der Waals surface area contributed by atoms with Crippen molar-refractivity contribution in [1.82, 2.24) is 20.5 Å². The fourth-order valence-electron chi connectivity index (χ4n) is 2.56. The van der Waals surface area contributed by atoms with Crippen LogP contribution in [0, 0.1) is 0 Å². The van der Waals surface area contributed by atoms with E-state index < -0.39 is 0 Å². The number of amides is 2. The zero-order valence-electron chi connectivity index (χ0n) is 15.6. The van der Waals surface area contributed by atoms with Gasteiger partial charge in [0, 0.05) is 24.5 Å². The monoisotopic (exact) mass is 397 g/mol. The lowest BCUT2D eigenvalue weighted by atomic mass is 9.98. The Hall–Kier alpha value is -3.33. The predicted octanol–water partition coefficient (Wildman–Crippen LogP) is 2.78. The molecule has 0 aliphatic rings. The van der Waals surface area contributed by atoms with Gasteiger partial charge in [0.25, 0.3) is 17.0 Å². The van der Waals surface area contributed by atoms with E-state index in [-0.39, 0.29) is 11.8 Å². The minimum Gasteiger partial charge on any atom is -0.472 e. The van der Waals surface area contributed by atoms with Crippen molar-refractivity contribution in [3.8, 4) is 16.3 Å². The fraction of sp³-hybridized carbons (Fsp3) is 0.211. The SMILES string of the molecule is CCc1cc(-c2ccc(C(=O)NC)cc2)c(C(=O)Nc2nnc(OC)s2)cn1. The molecule has 0 aliphatic carbocycles. The van der Waals surface area contributed by atoms with E-state index in [1.165, 1.54) is 7.11 Å². The summed E-state index contributed by atoms with van der Waals surface area (Å²) in [7, 11) is 3.07. The van der Waals surface area contributed by atoms with E-state index in [1.54, 1.807) is 25.4 Å². The largest absolute Gasteiger partial charge is 0.472 e. The summed E-state index contributed by atoms with van der Waals surface area (Å²) in [6.45, 7) is 1.99. The van der Waals surface area contributed by atoms with Crippen LogP contribution in [-0.4, -0.2) is 41.2 Å². The number of anilines is 1. The van der Waals surface area contributed by atoms with Gasteiger partial charge in [-0.3, -0.25) is 19.9 Å². The third-order valence-electron chi connectivity index (χ3n) is 4.05. The number of rotatable bonds is 6. The number of benzene rings is 1. The molecule has 9 heteroatoms. The van der Waals surface area contributed by atoms with Gasteiger partial charge in [0.05, 0.1) is 12.7 Å². The van der Waals surface area contributed by atoms with Crippen LogP contribution in [-0.2, 0) is 6.42 Å². The van der Waals surface area contributed by atoms with Crippen molar-refractivity contribution in [2.45, 2.75) is 13.3 Å². The molecule has 0 fully saturated rings. The second kappa shape index (κ2) is 8.57. The highest BCUT2D eigenvalue weighted by atomic mass is 32.1. The van der Waals surface area contributed by atoms with Crippen LogP contribution in [0.3, 0.4) is 0 Å². The van der Waals surface area contributed by atoms with Gasteiger partial charge in [0.1, 0.15) is 0 Å². The highest BCUT2D eigenvalue weighted by molar-refractivity contribution is 7.17. The Morgan fingerprint density at radius 2 is 1.89 bits per heavy atom. The van der Waals surface area contributed by atoms with Crippen LogP contribution in [0.25, 0.3) is 11.1 Å². The average molecular weight is 397 g/mol. The Balaban J connectivity index is 1.95. The summed E-state index contributed by atoms with van der Waals surface area (Å²) < 4.78 is 4.99. The third kappa shape index (κ3) is 4.15. The maximum atomic E-state index is 12.8. The molecule has 1 aromatic carbocycles. The first-order valence-corrected chi connectivity index (χ1v) is 9.37.